The first-order valence-electron chi connectivity index (χ1n) is 20.5. The minimum absolute atomic E-state index is 0.0149. The second kappa shape index (κ2) is 14.7. The number of hydrogen-bond acceptors (Lipinski definition) is 8. The Bertz CT molecular complexity index is 1680. The molecule has 14 nitrogen and oxygen atoms in total. The van der Waals surface area contributed by atoms with Crippen LogP contribution in [0.5, 0.6) is 0 Å². The Kier molecular flexibility index (Phi) is 11.1. The molecule has 0 radical (unpaired) electrons. The molecule has 308 valence electrons. The highest BCUT2D eigenvalue weighted by atomic mass is 32.2. The van der Waals surface area contributed by atoms with E-state index in [1.807, 2.05) is 20.8 Å². The van der Waals surface area contributed by atoms with Crippen LogP contribution in [-0.4, -0.2) is 116 Å². The molecule has 2 spiro atoms. The lowest BCUT2D eigenvalue weighted by Crippen LogP contribution is -2.62. The van der Waals surface area contributed by atoms with E-state index in [4.69, 9.17) is 0 Å². The summed E-state index contributed by atoms with van der Waals surface area (Å²) in [5, 5.41) is 9.00. The van der Waals surface area contributed by atoms with Crippen molar-refractivity contribution in [3.8, 4) is 0 Å². The maximum atomic E-state index is 15.1. The molecule has 15 heteroatoms. The van der Waals surface area contributed by atoms with Gasteiger partial charge < -0.3 is 25.8 Å². The average Bonchev–Trinajstić information content (AvgIpc) is 3.54. The summed E-state index contributed by atoms with van der Waals surface area (Å²) in [4.78, 5) is 74.2. The number of carbonyl (C=O) groups excluding carboxylic acids is 5. The van der Waals surface area contributed by atoms with Crippen LogP contribution < -0.4 is 20.7 Å². The van der Waals surface area contributed by atoms with Gasteiger partial charge in [-0.05, 0) is 87.6 Å². The van der Waals surface area contributed by atoms with Gasteiger partial charge in [-0.15, -0.1) is 6.58 Å². The van der Waals surface area contributed by atoms with E-state index in [2.05, 4.69) is 41.1 Å². The van der Waals surface area contributed by atoms with E-state index in [0.29, 0.717) is 38.9 Å². The zero-order valence-electron chi connectivity index (χ0n) is 34.1. The fourth-order valence-corrected chi connectivity index (χ4v) is 12.3. The fraction of sp³-hybridized carbons (Fsp3) is 0.825. The van der Waals surface area contributed by atoms with Crippen LogP contribution in [0, 0.1) is 33.5 Å². The second-order valence-corrected chi connectivity index (χ2v) is 21.0. The first-order valence-corrected chi connectivity index (χ1v) is 21.9. The first kappa shape index (κ1) is 41.6. The van der Waals surface area contributed by atoms with Crippen LogP contribution in [0.3, 0.4) is 0 Å². The van der Waals surface area contributed by atoms with Gasteiger partial charge in [0.15, 0.2) is 0 Å². The van der Waals surface area contributed by atoms with Crippen molar-refractivity contribution in [1.82, 2.24) is 34.8 Å². The Morgan fingerprint density at radius 3 is 2.05 bits per heavy atom. The zero-order chi connectivity index (χ0) is 40.4. The monoisotopic (exact) mass is 787 g/mol. The minimum atomic E-state index is -4.10. The Morgan fingerprint density at radius 2 is 1.55 bits per heavy atom. The largest absolute Gasteiger partial charge is 0.343 e. The average molecular weight is 788 g/mol. The molecule has 2 aliphatic heterocycles. The molecule has 4 aliphatic carbocycles. The highest BCUT2D eigenvalue weighted by Crippen LogP contribution is 2.88. The van der Waals surface area contributed by atoms with Crippen molar-refractivity contribution in [2.75, 3.05) is 40.3 Å². The summed E-state index contributed by atoms with van der Waals surface area (Å²) in [6, 6.07) is -2.78. The number of likely N-dealkylation sites (tertiary alicyclic amines) is 1. The summed E-state index contributed by atoms with van der Waals surface area (Å²) in [5.41, 5.74) is -2.77. The van der Waals surface area contributed by atoms with E-state index in [0.717, 1.165) is 51.4 Å². The Hall–Kier alpha value is -3.04. The van der Waals surface area contributed by atoms with Gasteiger partial charge in [-0.2, -0.15) is 12.7 Å². The molecule has 2 saturated heterocycles. The third kappa shape index (κ3) is 7.23. The first-order chi connectivity index (χ1) is 25.7. The number of rotatable bonds is 13. The van der Waals surface area contributed by atoms with E-state index in [1.165, 1.54) is 4.31 Å². The third-order valence-electron chi connectivity index (χ3n) is 14.7. The number of carbonyl (C=O) groups is 5. The summed E-state index contributed by atoms with van der Waals surface area (Å²) in [6.07, 6.45) is 11.2. The van der Waals surface area contributed by atoms with Crippen LogP contribution in [0.25, 0.3) is 0 Å². The number of likely N-dealkylation sites (N-methyl/N-ethyl adjacent to an activating group) is 1. The molecule has 55 heavy (non-hydrogen) atoms. The smallest absolute Gasteiger partial charge is 0.303 e. The van der Waals surface area contributed by atoms with Crippen LogP contribution in [0.4, 0.5) is 0 Å². The van der Waals surface area contributed by atoms with Crippen LogP contribution in [-0.2, 0) is 34.2 Å². The van der Waals surface area contributed by atoms with Crippen molar-refractivity contribution in [1.29, 1.82) is 0 Å². The number of nitrogens with zero attached hydrogens (tertiary/aromatic N) is 3. The quantitative estimate of drug-likeness (QED) is 0.206. The van der Waals surface area contributed by atoms with Gasteiger partial charge in [0.05, 0.1) is 6.54 Å². The predicted molar refractivity (Wildman–Crippen MR) is 208 cm³/mol. The molecular formula is C40H65N7O7S. The minimum Gasteiger partial charge on any atom is -0.343 e. The van der Waals surface area contributed by atoms with E-state index < -0.39 is 62.9 Å². The highest BCUT2D eigenvalue weighted by Gasteiger charge is 2.85. The summed E-state index contributed by atoms with van der Waals surface area (Å²) < 4.78 is 29.7. The fourth-order valence-electron chi connectivity index (χ4n) is 11.0. The zero-order valence-corrected chi connectivity index (χ0v) is 34.9. The van der Waals surface area contributed by atoms with Crippen molar-refractivity contribution in [2.45, 2.75) is 135 Å². The molecule has 0 aromatic rings. The van der Waals surface area contributed by atoms with Gasteiger partial charge in [0, 0.05) is 31.0 Å². The SMILES string of the molecule is C=C[C@@H]1C[C@]1(NC(=O)[C@@H]1C[C@@]2(CN1C(=O)[C@@H](NC(=O)[C@@H](NC(=O)CN(C)C)C1CCCCC1)C(C)(C)C)C(C)(C)C21CCC1)C(=O)NS(=O)(=O)N1CCCC1. The Labute approximate surface area is 327 Å². The third-order valence-corrected chi connectivity index (χ3v) is 16.1. The van der Waals surface area contributed by atoms with Crippen molar-refractivity contribution in [2.24, 2.45) is 33.5 Å². The molecule has 0 aromatic heterocycles. The van der Waals surface area contributed by atoms with Crippen LogP contribution in [0.1, 0.15) is 112 Å². The van der Waals surface area contributed by atoms with Gasteiger partial charge in [-0.25, -0.2) is 4.72 Å². The van der Waals surface area contributed by atoms with Gasteiger partial charge in [0.2, 0.25) is 23.6 Å². The lowest BCUT2D eigenvalue weighted by atomic mass is 9.73. The van der Waals surface area contributed by atoms with E-state index >= 15 is 4.79 Å². The lowest BCUT2D eigenvalue weighted by Gasteiger charge is -2.38. The van der Waals surface area contributed by atoms with Crippen molar-refractivity contribution < 1.29 is 32.4 Å². The topological polar surface area (TPSA) is 177 Å². The van der Waals surface area contributed by atoms with Gasteiger partial charge in [0.1, 0.15) is 23.7 Å². The molecule has 4 saturated carbocycles. The molecule has 0 bridgehead atoms. The number of fused-ring (bicyclic) bond motifs is 1. The Balaban J connectivity index is 1.27. The molecule has 6 atom stereocenters. The van der Waals surface area contributed by atoms with Crippen molar-refractivity contribution >= 4 is 39.7 Å². The molecule has 6 fully saturated rings. The van der Waals surface area contributed by atoms with E-state index in [1.54, 1.807) is 30.0 Å². The van der Waals surface area contributed by atoms with E-state index in [-0.39, 0.29) is 46.9 Å². The molecule has 6 rings (SSSR count). The van der Waals surface area contributed by atoms with Crippen molar-refractivity contribution in [3.05, 3.63) is 12.7 Å². The molecule has 0 unspecified atom stereocenters. The molecular weight excluding hydrogens is 723 g/mol. The normalized spacial score (nSPS) is 31.0. The highest BCUT2D eigenvalue weighted by molar-refractivity contribution is 7.87. The summed E-state index contributed by atoms with van der Waals surface area (Å²) in [5.74, 6) is -2.94. The van der Waals surface area contributed by atoms with Crippen LogP contribution in [0.15, 0.2) is 12.7 Å². The summed E-state index contributed by atoms with van der Waals surface area (Å²) in [6.45, 7) is 15.0. The van der Waals surface area contributed by atoms with Gasteiger partial charge in [0.25, 0.3) is 5.91 Å². The molecule has 5 amide bonds. The lowest BCUT2D eigenvalue weighted by molar-refractivity contribution is -0.145. The van der Waals surface area contributed by atoms with Gasteiger partial charge in [-0.3, -0.25) is 24.0 Å². The van der Waals surface area contributed by atoms with Crippen LogP contribution in [0.2, 0.25) is 0 Å². The molecule has 2 heterocycles. The Morgan fingerprint density at radius 1 is 0.909 bits per heavy atom. The second-order valence-electron chi connectivity index (χ2n) is 19.4. The van der Waals surface area contributed by atoms with Gasteiger partial charge in [-0.1, -0.05) is 66.4 Å². The predicted octanol–water partition coefficient (Wildman–Crippen LogP) is 2.46. The standard InChI is InChI=1S/C40H65N7O7S/c1-9-27-22-40(27,35(52)44-55(53,54)46-20-13-14-21-46)43-32(49)28-23-39(37(5,6)38(39)18-15-19-38)25-47(28)34(51)31(36(2,3)4)42-33(50)30(26-16-11-10-12-17-26)41-29(48)24-45(7)8/h9,26-28,30-31H,1,10-25H2,2-8H3,(H,41,48)(H,42,50)(H,43,49)(H,44,52)/t27-,28+,30+,31-,39-,40-/m1/s1. The number of nitrogens with one attached hydrogen (secondary N) is 4. The van der Waals surface area contributed by atoms with Crippen LogP contribution >= 0.6 is 0 Å². The van der Waals surface area contributed by atoms with E-state index in [9.17, 15) is 27.6 Å². The molecule has 4 N–H and O–H groups in total. The number of amides is 5. The van der Waals surface area contributed by atoms with Crippen molar-refractivity contribution in [3.63, 3.8) is 0 Å². The summed E-state index contributed by atoms with van der Waals surface area (Å²) in [7, 11) is -0.520. The molecule has 6 aliphatic rings. The summed E-state index contributed by atoms with van der Waals surface area (Å²) >= 11 is 0. The number of hydrogen-bond donors (Lipinski definition) is 4. The maximum Gasteiger partial charge on any atom is 0.303 e. The van der Waals surface area contributed by atoms with Gasteiger partial charge >= 0.3 is 10.2 Å². The molecule has 0 aromatic carbocycles. The maximum absolute atomic E-state index is 15.1.